The van der Waals surface area contributed by atoms with E-state index in [9.17, 15) is 4.79 Å². The second-order valence-electron chi connectivity index (χ2n) is 4.81. The molecule has 2 rings (SSSR count). The van der Waals surface area contributed by atoms with Gasteiger partial charge in [-0.25, -0.2) is 0 Å². The van der Waals surface area contributed by atoms with Gasteiger partial charge in [0, 0.05) is 12.3 Å². The van der Waals surface area contributed by atoms with Crippen LogP contribution in [0, 0.1) is 17.3 Å². The summed E-state index contributed by atoms with van der Waals surface area (Å²) in [6.45, 7) is 6.58. The van der Waals surface area contributed by atoms with Crippen molar-refractivity contribution in [3.8, 4) is 0 Å². The molecule has 1 saturated carbocycles. The number of hydrogen-bond acceptors (Lipinski definition) is 1. The van der Waals surface area contributed by atoms with E-state index in [1.807, 2.05) is 0 Å². The van der Waals surface area contributed by atoms with E-state index in [4.69, 9.17) is 0 Å². The van der Waals surface area contributed by atoms with E-state index in [1.165, 1.54) is 5.57 Å². The first-order chi connectivity index (χ1) is 5.53. The third kappa shape index (κ3) is 0.825. The summed E-state index contributed by atoms with van der Waals surface area (Å²) in [6, 6.07) is 0. The number of ketones is 1. The molecule has 12 heavy (non-hydrogen) atoms. The summed E-state index contributed by atoms with van der Waals surface area (Å²) in [7, 11) is 0. The summed E-state index contributed by atoms with van der Waals surface area (Å²) in [5, 5.41) is 0. The molecular weight excluding hydrogens is 148 g/mol. The van der Waals surface area contributed by atoms with Gasteiger partial charge in [-0.1, -0.05) is 25.5 Å². The Hall–Kier alpha value is -0.590. The molecule has 1 nitrogen and oxygen atoms in total. The summed E-state index contributed by atoms with van der Waals surface area (Å²) < 4.78 is 0. The number of hydrogen-bond donors (Lipinski definition) is 0. The van der Waals surface area contributed by atoms with Crippen LogP contribution in [-0.2, 0) is 4.79 Å². The molecule has 0 unspecified atom stereocenters. The van der Waals surface area contributed by atoms with Crippen LogP contribution < -0.4 is 0 Å². The molecule has 0 aromatic rings. The maximum atomic E-state index is 11.6. The van der Waals surface area contributed by atoms with Crippen LogP contribution in [0.4, 0.5) is 0 Å². The van der Waals surface area contributed by atoms with Crippen LogP contribution in [0.25, 0.3) is 0 Å². The molecule has 0 spiro atoms. The van der Waals surface area contributed by atoms with E-state index in [1.54, 1.807) is 0 Å². The van der Waals surface area contributed by atoms with Crippen molar-refractivity contribution in [1.29, 1.82) is 0 Å². The van der Waals surface area contributed by atoms with E-state index in [0.717, 1.165) is 12.8 Å². The Morgan fingerprint density at radius 3 is 2.75 bits per heavy atom. The average Bonchev–Trinajstić information content (AvgIpc) is 2.12. The fourth-order valence-electron chi connectivity index (χ4n) is 2.95. The third-order valence-electron chi connectivity index (χ3n) is 3.75. The topological polar surface area (TPSA) is 17.1 Å². The van der Waals surface area contributed by atoms with Crippen LogP contribution in [0.1, 0.15) is 33.6 Å². The van der Waals surface area contributed by atoms with Gasteiger partial charge in [-0.15, -0.1) is 0 Å². The number of fused-ring (bicyclic) bond motifs is 2. The van der Waals surface area contributed by atoms with Gasteiger partial charge >= 0.3 is 0 Å². The lowest BCUT2D eigenvalue weighted by atomic mass is 9.68. The standard InChI is InChI=1S/C11H16O/c1-7-4-5-8-6-9(12)10(7)11(8,2)3/h4,8,10H,5-6H2,1-3H3/t8-,10+/m0/s1. The van der Waals surface area contributed by atoms with Gasteiger partial charge in [0.15, 0.2) is 0 Å². The van der Waals surface area contributed by atoms with Crippen LogP contribution in [0.15, 0.2) is 11.6 Å². The van der Waals surface area contributed by atoms with E-state index >= 15 is 0 Å². The molecule has 2 aliphatic rings. The lowest BCUT2D eigenvalue weighted by Crippen LogP contribution is -2.30. The van der Waals surface area contributed by atoms with Gasteiger partial charge < -0.3 is 0 Å². The van der Waals surface area contributed by atoms with Crippen LogP contribution >= 0.6 is 0 Å². The SMILES string of the molecule is CC1=CC[C@H]2CC(=O)[C@@H]1C2(C)C. The van der Waals surface area contributed by atoms with Gasteiger partial charge in [-0.3, -0.25) is 4.79 Å². The summed E-state index contributed by atoms with van der Waals surface area (Å²) in [4.78, 5) is 11.6. The Morgan fingerprint density at radius 1 is 1.50 bits per heavy atom. The highest BCUT2D eigenvalue weighted by Crippen LogP contribution is 2.52. The Morgan fingerprint density at radius 2 is 2.17 bits per heavy atom. The smallest absolute Gasteiger partial charge is 0.140 e. The zero-order valence-electron chi connectivity index (χ0n) is 8.05. The fourth-order valence-corrected chi connectivity index (χ4v) is 2.95. The zero-order valence-corrected chi connectivity index (χ0v) is 8.05. The highest BCUT2D eigenvalue weighted by atomic mass is 16.1. The van der Waals surface area contributed by atoms with Crippen LogP contribution in [0.3, 0.4) is 0 Å². The average molecular weight is 164 g/mol. The summed E-state index contributed by atoms with van der Waals surface area (Å²) in [5.74, 6) is 1.31. The molecule has 0 aromatic heterocycles. The van der Waals surface area contributed by atoms with Gasteiger partial charge in [0.25, 0.3) is 0 Å². The molecule has 0 radical (unpaired) electrons. The Bertz CT molecular complexity index is 260. The Labute approximate surface area is 73.8 Å². The van der Waals surface area contributed by atoms with Gasteiger partial charge in [0.05, 0.1) is 0 Å². The molecule has 1 heteroatoms. The van der Waals surface area contributed by atoms with Crippen molar-refractivity contribution >= 4 is 5.78 Å². The Balaban J connectivity index is 2.46. The zero-order chi connectivity index (χ0) is 8.93. The van der Waals surface area contributed by atoms with E-state index in [-0.39, 0.29) is 11.3 Å². The van der Waals surface area contributed by atoms with Crippen molar-refractivity contribution in [2.45, 2.75) is 33.6 Å². The number of Topliss-reactive ketones (excluding diaryl/α,β-unsaturated/α-hetero) is 1. The summed E-state index contributed by atoms with van der Waals surface area (Å²) >= 11 is 0. The van der Waals surface area contributed by atoms with Crippen LogP contribution in [-0.4, -0.2) is 5.78 Å². The van der Waals surface area contributed by atoms with Gasteiger partial charge in [0.2, 0.25) is 0 Å². The summed E-state index contributed by atoms with van der Waals surface area (Å²) in [5.41, 5.74) is 1.54. The lowest BCUT2D eigenvalue weighted by Gasteiger charge is -2.35. The first-order valence-electron chi connectivity index (χ1n) is 4.73. The quantitative estimate of drug-likeness (QED) is 0.503. The van der Waals surface area contributed by atoms with Gasteiger partial charge in [-0.05, 0) is 24.7 Å². The van der Waals surface area contributed by atoms with Crippen molar-refractivity contribution in [3.63, 3.8) is 0 Å². The number of allylic oxidation sites excluding steroid dienone is 2. The Kier molecular flexibility index (Phi) is 1.48. The number of carbonyl (C=O) groups is 1. The molecule has 2 atom stereocenters. The first kappa shape index (κ1) is 8.03. The van der Waals surface area contributed by atoms with Crippen LogP contribution in [0.2, 0.25) is 0 Å². The van der Waals surface area contributed by atoms with E-state index < -0.39 is 0 Å². The highest BCUT2D eigenvalue weighted by Gasteiger charge is 2.50. The molecule has 0 N–H and O–H groups in total. The lowest BCUT2D eigenvalue weighted by molar-refractivity contribution is -0.120. The fraction of sp³-hybridized carbons (Fsp3) is 0.727. The summed E-state index contributed by atoms with van der Waals surface area (Å²) in [6.07, 6.45) is 4.18. The molecule has 0 amide bonds. The molecule has 66 valence electrons. The van der Waals surface area contributed by atoms with Crippen molar-refractivity contribution < 1.29 is 4.79 Å². The van der Waals surface area contributed by atoms with Crippen molar-refractivity contribution in [3.05, 3.63) is 11.6 Å². The molecule has 1 fully saturated rings. The minimum atomic E-state index is 0.232. The van der Waals surface area contributed by atoms with Crippen LogP contribution in [0.5, 0.6) is 0 Å². The highest BCUT2D eigenvalue weighted by molar-refractivity contribution is 5.87. The molecule has 2 bridgehead atoms. The molecule has 0 saturated heterocycles. The van der Waals surface area contributed by atoms with Crippen molar-refractivity contribution in [2.24, 2.45) is 17.3 Å². The second kappa shape index (κ2) is 2.21. The van der Waals surface area contributed by atoms with E-state index in [2.05, 4.69) is 26.8 Å². The normalized spacial score (nSPS) is 38.2. The number of rotatable bonds is 0. The molecule has 0 heterocycles. The molecule has 0 aliphatic heterocycles. The maximum Gasteiger partial charge on any atom is 0.140 e. The molecular formula is C11H16O. The van der Waals surface area contributed by atoms with Crippen molar-refractivity contribution in [2.75, 3.05) is 0 Å². The van der Waals surface area contributed by atoms with E-state index in [0.29, 0.717) is 11.7 Å². The molecule has 0 aromatic carbocycles. The second-order valence-corrected chi connectivity index (χ2v) is 4.81. The van der Waals surface area contributed by atoms with Gasteiger partial charge in [-0.2, -0.15) is 0 Å². The number of carbonyl (C=O) groups excluding carboxylic acids is 1. The monoisotopic (exact) mass is 164 g/mol. The minimum Gasteiger partial charge on any atom is -0.299 e. The maximum absolute atomic E-state index is 11.6. The predicted molar refractivity (Wildman–Crippen MR) is 48.8 cm³/mol. The van der Waals surface area contributed by atoms with Gasteiger partial charge in [0.1, 0.15) is 5.78 Å². The minimum absolute atomic E-state index is 0.232. The third-order valence-corrected chi connectivity index (χ3v) is 3.75. The first-order valence-corrected chi connectivity index (χ1v) is 4.73. The van der Waals surface area contributed by atoms with Crippen molar-refractivity contribution in [1.82, 2.24) is 0 Å². The predicted octanol–water partition coefficient (Wildman–Crippen LogP) is 2.57. The largest absolute Gasteiger partial charge is 0.299 e. The molecule has 2 aliphatic carbocycles.